The molecule has 0 aliphatic heterocycles. The van der Waals surface area contributed by atoms with Crippen LogP contribution in [-0.2, 0) is 0 Å². The maximum Gasteiger partial charge on any atom is 0.189 e. The Hall–Kier alpha value is -8.14. The van der Waals surface area contributed by atoms with Gasteiger partial charge in [0.15, 0.2) is 11.4 Å². The zero-order chi connectivity index (χ0) is 34.5. The van der Waals surface area contributed by atoms with Crippen LogP contribution in [0.4, 0.5) is 11.4 Å². The standard InChI is InChI=1S/C42H18N8/c1-47-30-8-12-34-32-10-6-26(22-44)15-37(32)49(41(34)19-30)39-17-29(28-5-3-4-25(14-28)21-43)18-40(36(39)24-46)50-38-16-27(23-45)7-11-33(38)35-13-9-31(48-2)20-42(35)50/h3-20H. The Morgan fingerprint density at radius 1 is 0.440 bits per heavy atom. The molecule has 0 N–H and O–H groups in total. The van der Waals surface area contributed by atoms with E-state index in [1.807, 2.05) is 51.6 Å². The highest BCUT2D eigenvalue weighted by Gasteiger charge is 2.23. The van der Waals surface area contributed by atoms with Gasteiger partial charge in [-0.1, -0.05) is 48.5 Å². The van der Waals surface area contributed by atoms with Crippen molar-refractivity contribution < 1.29 is 0 Å². The Balaban J connectivity index is 1.61. The summed E-state index contributed by atoms with van der Waals surface area (Å²) in [6, 6.07) is 41.7. The maximum atomic E-state index is 11.1. The van der Waals surface area contributed by atoms with Gasteiger partial charge in [0.2, 0.25) is 0 Å². The molecule has 0 saturated carbocycles. The number of rotatable bonds is 3. The van der Waals surface area contributed by atoms with Gasteiger partial charge in [-0.2, -0.15) is 21.0 Å². The lowest BCUT2D eigenvalue weighted by Crippen LogP contribution is -2.05. The molecule has 0 fully saturated rings. The van der Waals surface area contributed by atoms with E-state index in [0.717, 1.165) is 27.1 Å². The Morgan fingerprint density at radius 2 is 0.880 bits per heavy atom. The topological polar surface area (TPSA) is 114 Å². The third kappa shape index (κ3) is 4.33. The van der Waals surface area contributed by atoms with E-state index in [0.29, 0.717) is 67.1 Å². The first kappa shape index (κ1) is 29.3. The van der Waals surface area contributed by atoms with Crippen molar-refractivity contribution in [2.24, 2.45) is 0 Å². The van der Waals surface area contributed by atoms with Crippen LogP contribution in [-0.4, -0.2) is 9.13 Å². The molecule has 226 valence electrons. The highest BCUT2D eigenvalue weighted by molar-refractivity contribution is 6.12. The summed E-state index contributed by atoms with van der Waals surface area (Å²) >= 11 is 0. The van der Waals surface area contributed by atoms with Gasteiger partial charge in [0, 0.05) is 32.6 Å². The molecule has 8 aromatic rings. The molecule has 0 radical (unpaired) electrons. The molecule has 0 bridgehead atoms. The van der Waals surface area contributed by atoms with Gasteiger partial charge in [0.05, 0.1) is 70.5 Å². The lowest BCUT2D eigenvalue weighted by Gasteiger charge is -2.19. The molecule has 2 aromatic heterocycles. The summed E-state index contributed by atoms with van der Waals surface area (Å²) < 4.78 is 3.83. The lowest BCUT2D eigenvalue weighted by molar-refractivity contribution is 1.12. The number of benzene rings is 6. The molecule has 0 aliphatic rings. The molecule has 0 saturated heterocycles. The molecule has 0 amide bonds. The maximum absolute atomic E-state index is 11.1. The SMILES string of the molecule is [C-]#[N+]c1ccc2c3ccc(C#N)cc3n(-c3cc(-c4cccc(C#N)c4)cc(-n4c5cc(C#N)ccc5c5ccc([N+]#[C-])cc54)c3C#N)c2c1. The van der Waals surface area contributed by atoms with Crippen molar-refractivity contribution >= 4 is 55.0 Å². The van der Waals surface area contributed by atoms with Crippen LogP contribution in [0.3, 0.4) is 0 Å². The number of fused-ring (bicyclic) bond motifs is 6. The molecule has 0 unspecified atom stereocenters. The largest absolute Gasteiger partial charge is 0.309 e. The number of hydrogen-bond acceptors (Lipinski definition) is 4. The summed E-state index contributed by atoms with van der Waals surface area (Å²) in [5.41, 5.74) is 7.57. The fourth-order valence-corrected chi connectivity index (χ4v) is 6.83. The van der Waals surface area contributed by atoms with Gasteiger partial charge in [-0.25, -0.2) is 9.69 Å². The number of nitriles is 4. The van der Waals surface area contributed by atoms with E-state index in [1.165, 1.54) is 0 Å². The van der Waals surface area contributed by atoms with E-state index in [4.69, 9.17) is 13.1 Å². The molecule has 6 aromatic carbocycles. The fourth-order valence-electron chi connectivity index (χ4n) is 6.83. The summed E-state index contributed by atoms with van der Waals surface area (Å²) in [5.74, 6) is 0. The first-order chi connectivity index (χ1) is 24.5. The zero-order valence-corrected chi connectivity index (χ0v) is 26.0. The van der Waals surface area contributed by atoms with Crippen LogP contribution in [0.1, 0.15) is 22.3 Å². The summed E-state index contributed by atoms with van der Waals surface area (Å²) in [6.07, 6.45) is 0. The molecule has 0 aliphatic carbocycles. The van der Waals surface area contributed by atoms with Gasteiger partial charge < -0.3 is 9.13 Å². The predicted molar refractivity (Wildman–Crippen MR) is 192 cm³/mol. The van der Waals surface area contributed by atoms with Crippen molar-refractivity contribution in [2.75, 3.05) is 0 Å². The second-order valence-electron chi connectivity index (χ2n) is 11.7. The van der Waals surface area contributed by atoms with Crippen LogP contribution in [0, 0.1) is 58.5 Å². The van der Waals surface area contributed by atoms with E-state index in [-0.39, 0.29) is 5.56 Å². The van der Waals surface area contributed by atoms with Crippen LogP contribution in [0.15, 0.2) is 109 Å². The average Bonchev–Trinajstić information content (AvgIpc) is 3.67. The van der Waals surface area contributed by atoms with Gasteiger partial charge in [-0.15, -0.1) is 0 Å². The van der Waals surface area contributed by atoms with E-state index in [2.05, 4.69) is 34.0 Å². The van der Waals surface area contributed by atoms with Crippen LogP contribution in [0.2, 0.25) is 0 Å². The third-order valence-electron chi connectivity index (χ3n) is 9.03. The second-order valence-corrected chi connectivity index (χ2v) is 11.7. The van der Waals surface area contributed by atoms with Gasteiger partial charge in [-0.05, 0) is 71.8 Å². The van der Waals surface area contributed by atoms with E-state index in [9.17, 15) is 21.0 Å². The molecular weight excluding hydrogens is 617 g/mol. The Labute approximate surface area is 285 Å². The predicted octanol–water partition coefficient (Wildman–Crippen LogP) is 10.1. The van der Waals surface area contributed by atoms with Crippen LogP contribution < -0.4 is 0 Å². The highest BCUT2D eigenvalue weighted by atomic mass is 15.0. The van der Waals surface area contributed by atoms with Crippen molar-refractivity contribution in [1.82, 2.24) is 9.13 Å². The Kier molecular flexibility index (Phi) is 6.60. The van der Waals surface area contributed by atoms with Crippen molar-refractivity contribution in [3.8, 4) is 46.8 Å². The van der Waals surface area contributed by atoms with Crippen LogP contribution in [0.25, 0.3) is 75.8 Å². The van der Waals surface area contributed by atoms with Crippen molar-refractivity contribution in [3.63, 3.8) is 0 Å². The minimum Gasteiger partial charge on any atom is -0.309 e. The summed E-state index contributed by atoms with van der Waals surface area (Å²) in [6.45, 7) is 15.5. The molecule has 0 spiro atoms. The summed E-state index contributed by atoms with van der Waals surface area (Å²) in [5, 5.41) is 44.0. The number of nitrogens with zero attached hydrogens (tertiary/aromatic N) is 8. The van der Waals surface area contributed by atoms with Gasteiger partial charge in [0.25, 0.3) is 0 Å². The second kappa shape index (κ2) is 11.3. The zero-order valence-electron chi connectivity index (χ0n) is 26.0. The van der Waals surface area contributed by atoms with E-state index < -0.39 is 0 Å². The fraction of sp³-hybridized carbons (Fsp3) is 0. The average molecular weight is 635 g/mol. The third-order valence-corrected chi connectivity index (χ3v) is 9.03. The molecular formula is C42H18N8. The minimum atomic E-state index is 0.286. The Bertz CT molecular complexity index is 2750. The monoisotopic (exact) mass is 634 g/mol. The van der Waals surface area contributed by atoms with Gasteiger partial charge >= 0.3 is 0 Å². The first-order valence-corrected chi connectivity index (χ1v) is 15.3. The number of hydrogen-bond donors (Lipinski definition) is 0. The smallest absolute Gasteiger partial charge is 0.189 e. The molecule has 8 heteroatoms. The number of aromatic nitrogens is 2. The van der Waals surface area contributed by atoms with Crippen molar-refractivity contribution in [1.29, 1.82) is 21.0 Å². The van der Waals surface area contributed by atoms with Crippen molar-refractivity contribution in [3.05, 3.63) is 154 Å². The van der Waals surface area contributed by atoms with Crippen LogP contribution in [0.5, 0.6) is 0 Å². The molecule has 8 rings (SSSR count). The van der Waals surface area contributed by atoms with Crippen LogP contribution >= 0.6 is 0 Å². The minimum absolute atomic E-state index is 0.286. The van der Waals surface area contributed by atoms with Gasteiger partial charge in [-0.3, -0.25) is 0 Å². The molecule has 50 heavy (non-hydrogen) atoms. The summed E-state index contributed by atoms with van der Waals surface area (Å²) in [4.78, 5) is 7.36. The Morgan fingerprint density at radius 3 is 1.32 bits per heavy atom. The highest BCUT2D eigenvalue weighted by Crippen LogP contribution is 2.42. The van der Waals surface area contributed by atoms with E-state index >= 15 is 0 Å². The quantitative estimate of drug-likeness (QED) is 0.180. The first-order valence-electron chi connectivity index (χ1n) is 15.3. The summed E-state index contributed by atoms with van der Waals surface area (Å²) in [7, 11) is 0. The normalized spacial score (nSPS) is 10.7. The molecule has 2 heterocycles. The van der Waals surface area contributed by atoms with Crippen molar-refractivity contribution in [2.45, 2.75) is 0 Å². The molecule has 8 nitrogen and oxygen atoms in total. The lowest BCUT2D eigenvalue weighted by atomic mass is 9.98. The molecule has 0 atom stereocenters. The van der Waals surface area contributed by atoms with Gasteiger partial charge in [0.1, 0.15) is 11.6 Å². The van der Waals surface area contributed by atoms with E-state index in [1.54, 1.807) is 66.7 Å².